The van der Waals surface area contributed by atoms with Gasteiger partial charge >= 0.3 is 5.69 Å². The van der Waals surface area contributed by atoms with E-state index in [1.165, 1.54) is 30.8 Å². The van der Waals surface area contributed by atoms with Crippen LogP contribution >= 0.6 is 0 Å². The molecular weight excluding hydrogens is 546 g/mol. The molecule has 2 aliphatic rings. The molecule has 1 fully saturated rings. The molecule has 3 heterocycles. The number of imide groups is 1. The zero-order chi connectivity index (χ0) is 30.7. The van der Waals surface area contributed by atoms with Crippen LogP contribution < -0.4 is 21.5 Å². The Balaban J connectivity index is 1.44. The molecule has 0 spiro atoms. The average molecular weight is 578 g/mol. The lowest BCUT2D eigenvalue weighted by atomic mass is 9.89. The van der Waals surface area contributed by atoms with E-state index in [2.05, 4.69) is 17.5 Å². The SMILES string of the molecule is CN1C(=O)C=C(N[C@@H]2CCCN(c3cc(=O)n(C)c(=O)n3Cc3ccccc3C#N)C2)C(Cc2ccccc2C#N)C1=O. The van der Waals surface area contributed by atoms with E-state index in [0.717, 1.165) is 22.3 Å². The first-order valence-corrected chi connectivity index (χ1v) is 14.0. The second-order valence-corrected chi connectivity index (χ2v) is 10.8. The van der Waals surface area contributed by atoms with Gasteiger partial charge in [0, 0.05) is 51.1 Å². The summed E-state index contributed by atoms with van der Waals surface area (Å²) in [5.41, 5.74) is 1.84. The molecule has 2 amide bonds. The van der Waals surface area contributed by atoms with Gasteiger partial charge < -0.3 is 10.2 Å². The minimum Gasteiger partial charge on any atom is -0.383 e. The number of hydrogen-bond donors (Lipinski definition) is 1. The van der Waals surface area contributed by atoms with Crippen molar-refractivity contribution in [3.8, 4) is 12.1 Å². The zero-order valence-corrected chi connectivity index (χ0v) is 24.0. The van der Waals surface area contributed by atoms with Crippen LogP contribution in [0.4, 0.5) is 5.82 Å². The number of anilines is 1. The number of carbonyl (C=O) groups is 2. The summed E-state index contributed by atoms with van der Waals surface area (Å²) in [5, 5.41) is 22.6. The molecule has 1 saturated heterocycles. The van der Waals surface area contributed by atoms with Gasteiger partial charge in [0.05, 0.1) is 35.7 Å². The minimum absolute atomic E-state index is 0.113. The number of nitriles is 2. The number of amides is 2. The number of piperidine rings is 1. The molecule has 5 rings (SSSR count). The molecule has 11 heteroatoms. The van der Waals surface area contributed by atoms with Crippen molar-refractivity contribution in [2.45, 2.75) is 31.8 Å². The van der Waals surface area contributed by atoms with Gasteiger partial charge in [-0.3, -0.25) is 28.4 Å². The van der Waals surface area contributed by atoms with Crippen molar-refractivity contribution in [3.63, 3.8) is 0 Å². The maximum absolute atomic E-state index is 13.3. The highest BCUT2D eigenvalue weighted by Gasteiger charge is 2.36. The third-order valence-corrected chi connectivity index (χ3v) is 8.14. The Bertz CT molecular complexity index is 1820. The van der Waals surface area contributed by atoms with Crippen molar-refractivity contribution in [3.05, 3.63) is 109 Å². The average Bonchev–Trinajstić information content (AvgIpc) is 3.02. The van der Waals surface area contributed by atoms with Gasteiger partial charge in [-0.1, -0.05) is 36.4 Å². The summed E-state index contributed by atoms with van der Waals surface area (Å²) in [6.45, 7) is 1.11. The molecule has 1 N–H and O–H groups in total. The summed E-state index contributed by atoms with van der Waals surface area (Å²) in [5.74, 6) is -1.03. The summed E-state index contributed by atoms with van der Waals surface area (Å²) in [7, 11) is 2.87. The fourth-order valence-electron chi connectivity index (χ4n) is 5.72. The number of likely N-dealkylation sites (N-methyl/N-ethyl adjacent to an activating group) is 1. The number of nitrogens with zero attached hydrogens (tertiary/aromatic N) is 6. The Morgan fingerprint density at radius 2 is 1.58 bits per heavy atom. The van der Waals surface area contributed by atoms with Gasteiger partial charge in [-0.25, -0.2) is 4.79 Å². The first kappa shape index (κ1) is 29.1. The third kappa shape index (κ3) is 5.84. The lowest BCUT2D eigenvalue weighted by Crippen LogP contribution is -2.52. The van der Waals surface area contributed by atoms with E-state index in [4.69, 9.17) is 0 Å². The summed E-state index contributed by atoms with van der Waals surface area (Å²) < 4.78 is 2.55. The van der Waals surface area contributed by atoms with Crippen molar-refractivity contribution in [2.24, 2.45) is 13.0 Å². The lowest BCUT2D eigenvalue weighted by molar-refractivity contribution is -0.143. The molecule has 1 aromatic heterocycles. The summed E-state index contributed by atoms with van der Waals surface area (Å²) >= 11 is 0. The molecule has 218 valence electrons. The van der Waals surface area contributed by atoms with Crippen molar-refractivity contribution < 1.29 is 9.59 Å². The topological polar surface area (TPSA) is 144 Å². The van der Waals surface area contributed by atoms with Crippen LogP contribution in [0.3, 0.4) is 0 Å². The van der Waals surface area contributed by atoms with Crippen LogP contribution in [0.2, 0.25) is 0 Å². The van der Waals surface area contributed by atoms with Gasteiger partial charge in [-0.15, -0.1) is 0 Å². The molecular formula is C32H31N7O4. The highest BCUT2D eigenvalue weighted by molar-refractivity contribution is 6.06. The lowest BCUT2D eigenvalue weighted by Gasteiger charge is -2.38. The molecule has 11 nitrogen and oxygen atoms in total. The highest BCUT2D eigenvalue weighted by Crippen LogP contribution is 2.26. The second-order valence-electron chi connectivity index (χ2n) is 10.8. The first-order chi connectivity index (χ1) is 20.7. The summed E-state index contributed by atoms with van der Waals surface area (Å²) in [6, 6.07) is 19.7. The maximum Gasteiger partial charge on any atom is 0.332 e. The van der Waals surface area contributed by atoms with Gasteiger partial charge in [-0.2, -0.15) is 10.5 Å². The number of rotatable bonds is 7. The van der Waals surface area contributed by atoms with Crippen molar-refractivity contribution in [1.29, 1.82) is 10.5 Å². The molecule has 2 aromatic carbocycles. The van der Waals surface area contributed by atoms with Crippen LogP contribution in [0.15, 0.2) is 76.0 Å². The van der Waals surface area contributed by atoms with E-state index < -0.39 is 23.1 Å². The van der Waals surface area contributed by atoms with Gasteiger partial charge in [0.15, 0.2) is 0 Å². The van der Waals surface area contributed by atoms with E-state index >= 15 is 0 Å². The third-order valence-electron chi connectivity index (χ3n) is 8.14. The summed E-state index contributed by atoms with van der Waals surface area (Å²) in [4.78, 5) is 55.1. The smallest absolute Gasteiger partial charge is 0.332 e. The molecule has 0 aliphatic carbocycles. The van der Waals surface area contributed by atoms with Gasteiger partial charge in [0.1, 0.15) is 5.82 Å². The number of hydrogen-bond acceptors (Lipinski definition) is 8. The largest absolute Gasteiger partial charge is 0.383 e. The van der Waals surface area contributed by atoms with Crippen LogP contribution in [0.5, 0.6) is 0 Å². The van der Waals surface area contributed by atoms with Gasteiger partial charge in [-0.05, 0) is 42.5 Å². The second kappa shape index (κ2) is 12.2. The molecule has 0 bridgehead atoms. The minimum atomic E-state index is -0.683. The molecule has 2 aliphatic heterocycles. The first-order valence-electron chi connectivity index (χ1n) is 14.0. The predicted molar refractivity (Wildman–Crippen MR) is 159 cm³/mol. The van der Waals surface area contributed by atoms with E-state index in [1.54, 1.807) is 36.4 Å². The Hall–Kier alpha value is -5.42. The van der Waals surface area contributed by atoms with Crippen molar-refractivity contribution in [2.75, 3.05) is 25.0 Å². The molecule has 0 radical (unpaired) electrons. The predicted octanol–water partition coefficient (Wildman–Crippen LogP) is 1.64. The monoisotopic (exact) mass is 577 g/mol. The van der Waals surface area contributed by atoms with E-state index in [0.29, 0.717) is 46.9 Å². The molecule has 1 unspecified atom stereocenters. The fraction of sp³-hybridized carbons (Fsp3) is 0.312. The van der Waals surface area contributed by atoms with Crippen LogP contribution in [0, 0.1) is 28.6 Å². The summed E-state index contributed by atoms with van der Waals surface area (Å²) in [6.07, 6.45) is 3.15. The number of aromatic nitrogens is 2. The number of carbonyl (C=O) groups excluding carboxylic acids is 2. The van der Waals surface area contributed by atoms with Crippen LogP contribution in [-0.2, 0) is 29.6 Å². The number of benzene rings is 2. The highest BCUT2D eigenvalue weighted by atomic mass is 16.2. The van der Waals surface area contributed by atoms with E-state index in [9.17, 15) is 29.7 Å². The fourth-order valence-corrected chi connectivity index (χ4v) is 5.72. The normalized spacial score (nSPS) is 18.6. The van der Waals surface area contributed by atoms with Crippen LogP contribution in [-0.4, -0.2) is 52.0 Å². The quantitative estimate of drug-likeness (QED) is 0.418. The molecule has 2 atom stereocenters. The van der Waals surface area contributed by atoms with Crippen LogP contribution in [0.1, 0.15) is 35.1 Å². The Kier molecular flexibility index (Phi) is 8.26. The standard InChI is InChI=1S/C32H31N7O4/c1-36-29(40)15-27(26(31(36)42)14-21-8-3-4-9-22(21)17-33)35-25-12-7-13-38(20-25)28-16-30(41)37(2)32(43)39(28)19-24-11-6-5-10-23(24)18-34/h3-6,8-11,15-16,25-26,35H,7,12-14,19-20H2,1-2H3/t25-,26?/m1/s1. The Labute approximate surface area is 248 Å². The van der Waals surface area contributed by atoms with E-state index in [1.807, 2.05) is 17.0 Å². The van der Waals surface area contributed by atoms with Gasteiger partial charge in [0.25, 0.3) is 11.5 Å². The maximum atomic E-state index is 13.3. The van der Waals surface area contributed by atoms with Crippen molar-refractivity contribution >= 4 is 17.6 Å². The number of nitrogens with one attached hydrogen (secondary N) is 1. The van der Waals surface area contributed by atoms with Gasteiger partial charge in [0.2, 0.25) is 5.91 Å². The molecule has 3 aromatic rings. The van der Waals surface area contributed by atoms with E-state index in [-0.39, 0.29) is 24.9 Å². The molecule has 0 saturated carbocycles. The van der Waals surface area contributed by atoms with Crippen molar-refractivity contribution in [1.82, 2.24) is 19.4 Å². The van der Waals surface area contributed by atoms with Crippen LogP contribution in [0.25, 0.3) is 0 Å². The Morgan fingerprint density at radius 3 is 2.28 bits per heavy atom. The molecule has 43 heavy (non-hydrogen) atoms. The zero-order valence-electron chi connectivity index (χ0n) is 24.0. The Morgan fingerprint density at radius 1 is 0.930 bits per heavy atom.